The van der Waals surface area contributed by atoms with Crippen molar-refractivity contribution in [1.29, 1.82) is 5.26 Å². The fourth-order valence-electron chi connectivity index (χ4n) is 2.65. The predicted molar refractivity (Wildman–Crippen MR) is 75.1 cm³/mol. The second-order valence-electron chi connectivity index (χ2n) is 5.37. The molecule has 6 heteroatoms. The van der Waals surface area contributed by atoms with Crippen molar-refractivity contribution in [3.63, 3.8) is 0 Å². The van der Waals surface area contributed by atoms with Crippen LogP contribution in [0.15, 0.2) is 0 Å². The molecule has 20 heavy (non-hydrogen) atoms. The number of rotatable bonds is 5. The Morgan fingerprint density at radius 2 is 1.75 bits per heavy atom. The quantitative estimate of drug-likeness (QED) is 0.651. The minimum absolute atomic E-state index is 0.239. The Hall–Kier alpha value is -1.16. The molecule has 0 aliphatic carbocycles. The van der Waals surface area contributed by atoms with Crippen LogP contribution in [-0.4, -0.2) is 86.2 Å². The van der Waals surface area contributed by atoms with Gasteiger partial charge in [-0.2, -0.15) is 5.26 Å². The third kappa shape index (κ3) is 4.75. The second-order valence-corrected chi connectivity index (χ2v) is 5.37. The SMILES string of the molecule is N#CCCCN1CCN(C(=O)CN2CCOCC2)CC1. The molecular formula is C14H24N4O2. The van der Waals surface area contributed by atoms with Crippen molar-refractivity contribution in [2.75, 3.05) is 65.6 Å². The molecule has 2 heterocycles. The van der Waals surface area contributed by atoms with E-state index >= 15 is 0 Å². The molecule has 0 aromatic carbocycles. The number of hydrogen-bond acceptors (Lipinski definition) is 5. The molecule has 0 unspecified atom stereocenters. The van der Waals surface area contributed by atoms with Gasteiger partial charge < -0.3 is 9.64 Å². The van der Waals surface area contributed by atoms with E-state index in [2.05, 4.69) is 15.9 Å². The molecule has 0 aromatic heterocycles. The molecule has 6 nitrogen and oxygen atoms in total. The van der Waals surface area contributed by atoms with Crippen molar-refractivity contribution < 1.29 is 9.53 Å². The minimum Gasteiger partial charge on any atom is -0.379 e. The number of carbonyl (C=O) groups excluding carboxylic acids is 1. The zero-order valence-electron chi connectivity index (χ0n) is 12.1. The molecule has 112 valence electrons. The number of carbonyl (C=O) groups is 1. The molecule has 2 rings (SSSR count). The van der Waals surface area contributed by atoms with Crippen LogP contribution in [0.5, 0.6) is 0 Å². The van der Waals surface area contributed by atoms with Crippen LogP contribution in [-0.2, 0) is 9.53 Å². The van der Waals surface area contributed by atoms with E-state index < -0.39 is 0 Å². The van der Waals surface area contributed by atoms with E-state index in [1.54, 1.807) is 0 Å². The van der Waals surface area contributed by atoms with Gasteiger partial charge in [-0.05, 0) is 13.0 Å². The number of morpholine rings is 1. The average molecular weight is 280 g/mol. The summed E-state index contributed by atoms with van der Waals surface area (Å²) in [4.78, 5) is 18.7. The lowest BCUT2D eigenvalue weighted by molar-refractivity contribution is -0.135. The lowest BCUT2D eigenvalue weighted by atomic mass is 10.2. The predicted octanol–water partition coefficient (Wildman–Crippen LogP) is -0.233. The first-order chi connectivity index (χ1) is 9.79. The first kappa shape index (κ1) is 15.2. The standard InChI is InChI=1S/C14H24N4O2/c15-3-1-2-4-16-5-7-18(8-6-16)14(19)13-17-9-11-20-12-10-17/h1-2,4-13H2. The van der Waals surface area contributed by atoms with E-state index in [0.717, 1.165) is 65.4 Å². The fourth-order valence-corrected chi connectivity index (χ4v) is 2.65. The molecule has 0 aromatic rings. The molecule has 2 aliphatic heterocycles. The molecule has 0 spiro atoms. The van der Waals surface area contributed by atoms with Crippen molar-refractivity contribution in [3.05, 3.63) is 0 Å². The Balaban J connectivity index is 1.65. The van der Waals surface area contributed by atoms with Crippen LogP contribution in [0.25, 0.3) is 0 Å². The molecule has 0 radical (unpaired) electrons. The molecule has 0 N–H and O–H groups in total. The van der Waals surface area contributed by atoms with Gasteiger partial charge in [0.2, 0.25) is 5.91 Å². The topological polar surface area (TPSA) is 59.8 Å². The third-order valence-electron chi connectivity index (χ3n) is 3.95. The van der Waals surface area contributed by atoms with Gasteiger partial charge in [0.05, 0.1) is 25.8 Å². The first-order valence-corrected chi connectivity index (χ1v) is 7.47. The molecule has 0 bridgehead atoms. The fraction of sp³-hybridized carbons (Fsp3) is 0.857. The van der Waals surface area contributed by atoms with Gasteiger partial charge in [0.1, 0.15) is 0 Å². The number of nitriles is 1. The van der Waals surface area contributed by atoms with Gasteiger partial charge in [0, 0.05) is 45.7 Å². The van der Waals surface area contributed by atoms with Gasteiger partial charge in [-0.25, -0.2) is 0 Å². The summed E-state index contributed by atoms with van der Waals surface area (Å²) in [7, 11) is 0. The maximum absolute atomic E-state index is 12.2. The van der Waals surface area contributed by atoms with Crippen LogP contribution in [0.1, 0.15) is 12.8 Å². The molecule has 2 aliphatic rings. The summed E-state index contributed by atoms with van der Waals surface area (Å²) in [5, 5.41) is 8.53. The molecule has 1 amide bonds. The lowest BCUT2D eigenvalue weighted by Gasteiger charge is -2.36. The zero-order valence-corrected chi connectivity index (χ0v) is 12.1. The van der Waals surface area contributed by atoms with Crippen molar-refractivity contribution in [1.82, 2.24) is 14.7 Å². The summed E-state index contributed by atoms with van der Waals surface area (Å²) in [5.41, 5.74) is 0. The van der Waals surface area contributed by atoms with Crippen LogP contribution in [0.4, 0.5) is 0 Å². The highest BCUT2D eigenvalue weighted by Gasteiger charge is 2.23. The number of unbranched alkanes of at least 4 members (excludes halogenated alkanes) is 1. The van der Waals surface area contributed by atoms with Gasteiger partial charge in [0.25, 0.3) is 0 Å². The second kappa shape index (κ2) is 8.20. The highest BCUT2D eigenvalue weighted by Crippen LogP contribution is 2.05. The van der Waals surface area contributed by atoms with Gasteiger partial charge >= 0.3 is 0 Å². The number of hydrogen-bond donors (Lipinski definition) is 0. The maximum atomic E-state index is 12.2. The van der Waals surface area contributed by atoms with E-state index in [9.17, 15) is 4.79 Å². The van der Waals surface area contributed by atoms with Crippen molar-refractivity contribution in [2.24, 2.45) is 0 Å². The highest BCUT2D eigenvalue weighted by atomic mass is 16.5. The monoisotopic (exact) mass is 280 g/mol. The first-order valence-electron chi connectivity index (χ1n) is 7.47. The number of ether oxygens (including phenoxy) is 1. The molecule has 0 atom stereocenters. The highest BCUT2D eigenvalue weighted by molar-refractivity contribution is 5.78. The van der Waals surface area contributed by atoms with Crippen molar-refractivity contribution >= 4 is 5.91 Å². The van der Waals surface area contributed by atoms with E-state index in [0.29, 0.717) is 13.0 Å². The van der Waals surface area contributed by atoms with Crippen LogP contribution in [0.3, 0.4) is 0 Å². The summed E-state index contributed by atoms with van der Waals surface area (Å²) in [5.74, 6) is 0.239. The van der Waals surface area contributed by atoms with Crippen LogP contribution in [0, 0.1) is 11.3 Å². The number of amides is 1. The summed E-state index contributed by atoms with van der Waals surface area (Å²) >= 11 is 0. The Kier molecular flexibility index (Phi) is 6.25. The zero-order chi connectivity index (χ0) is 14.2. The van der Waals surface area contributed by atoms with Crippen LogP contribution in [0.2, 0.25) is 0 Å². The maximum Gasteiger partial charge on any atom is 0.236 e. The Bertz CT molecular complexity index is 342. The van der Waals surface area contributed by atoms with E-state index in [-0.39, 0.29) is 5.91 Å². The Morgan fingerprint density at radius 3 is 2.40 bits per heavy atom. The minimum atomic E-state index is 0.239. The van der Waals surface area contributed by atoms with Crippen molar-refractivity contribution in [2.45, 2.75) is 12.8 Å². The average Bonchev–Trinajstić information content (AvgIpc) is 2.49. The van der Waals surface area contributed by atoms with Gasteiger partial charge in [0.15, 0.2) is 0 Å². The normalized spacial score (nSPS) is 21.6. The van der Waals surface area contributed by atoms with Crippen molar-refractivity contribution in [3.8, 4) is 6.07 Å². The summed E-state index contributed by atoms with van der Waals surface area (Å²) < 4.78 is 5.29. The summed E-state index contributed by atoms with van der Waals surface area (Å²) in [6.45, 7) is 8.18. The number of nitrogens with zero attached hydrogens (tertiary/aromatic N) is 4. The molecule has 2 fully saturated rings. The van der Waals surface area contributed by atoms with E-state index in [1.165, 1.54) is 0 Å². The third-order valence-corrected chi connectivity index (χ3v) is 3.95. The van der Waals surface area contributed by atoms with Gasteiger partial charge in [-0.1, -0.05) is 0 Å². The largest absolute Gasteiger partial charge is 0.379 e. The molecular weight excluding hydrogens is 256 g/mol. The Morgan fingerprint density at radius 1 is 1.05 bits per heavy atom. The van der Waals surface area contributed by atoms with Gasteiger partial charge in [-0.15, -0.1) is 0 Å². The smallest absolute Gasteiger partial charge is 0.236 e. The molecule has 2 saturated heterocycles. The molecule has 0 saturated carbocycles. The number of piperazine rings is 1. The van der Waals surface area contributed by atoms with Gasteiger partial charge in [-0.3, -0.25) is 14.6 Å². The summed E-state index contributed by atoms with van der Waals surface area (Å²) in [6.07, 6.45) is 1.55. The van der Waals surface area contributed by atoms with E-state index in [4.69, 9.17) is 10.00 Å². The van der Waals surface area contributed by atoms with Crippen LogP contribution >= 0.6 is 0 Å². The Labute approximate surface area is 120 Å². The van der Waals surface area contributed by atoms with Crippen LogP contribution < -0.4 is 0 Å². The lowest BCUT2D eigenvalue weighted by Crippen LogP contribution is -2.52. The summed E-state index contributed by atoms with van der Waals surface area (Å²) in [6, 6.07) is 2.17. The van der Waals surface area contributed by atoms with E-state index in [1.807, 2.05) is 4.90 Å².